The summed E-state index contributed by atoms with van der Waals surface area (Å²) in [5, 5.41) is 6.08. The summed E-state index contributed by atoms with van der Waals surface area (Å²) in [4.78, 5) is 28.5. The quantitative estimate of drug-likeness (QED) is 0.601. The number of aromatic nitrogens is 4. The highest BCUT2D eigenvalue weighted by Gasteiger charge is 2.32. The Kier molecular flexibility index (Phi) is 5.21. The number of carbonyl (C=O) groups is 2. The second kappa shape index (κ2) is 7.95. The van der Waals surface area contributed by atoms with E-state index in [9.17, 15) is 14.0 Å². The standard InChI is InChI=1S/C18H17FN6O3S/c19-15-6-13(25-10-14(28-18(25)27)7-20-17(26)29)2-3-16(15)23-8-12(21-11-23)9-24-5-1-4-22-24/h1-6,8,11,14H,7,9-10H2,(H2,20,26,29). The second-order valence-electron chi connectivity index (χ2n) is 6.41. The molecule has 0 saturated carbocycles. The van der Waals surface area contributed by atoms with Crippen molar-refractivity contribution >= 4 is 29.6 Å². The number of cyclic esters (lactones) is 1. The van der Waals surface area contributed by atoms with E-state index < -0.39 is 23.3 Å². The maximum atomic E-state index is 14.7. The number of ether oxygens (including phenoxy) is 1. The molecule has 29 heavy (non-hydrogen) atoms. The summed E-state index contributed by atoms with van der Waals surface area (Å²) >= 11 is 3.61. The van der Waals surface area contributed by atoms with Crippen LogP contribution in [0.15, 0.2) is 49.2 Å². The van der Waals surface area contributed by atoms with E-state index in [0.717, 1.165) is 5.69 Å². The van der Waals surface area contributed by atoms with E-state index in [-0.39, 0.29) is 13.1 Å². The predicted octanol–water partition coefficient (Wildman–Crippen LogP) is 2.22. The summed E-state index contributed by atoms with van der Waals surface area (Å²) in [6.07, 6.45) is 5.62. The van der Waals surface area contributed by atoms with E-state index in [0.29, 0.717) is 17.9 Å². The van der Waals surface area contributed by atoms with Crippen LogP contribution in [0.25, 0.3) is 5.69 Å². The van der Waals surface area contributed by atoms with Crippen LogP contribution < -0.4 is 10.2 Å². The van der Waals surface area contributed by atoms with Crippen LogP contribution in [-0.2, 0) is 11.3 Å². The summed E-state index contributed by atoms with van der Waals surface area (Å²) in [5.41, 5.74) is 1.40. The molecule has 3 aromatic rings. The number of rotatable bonds is 6. The number of carbonyl (C=O) groups excluding carboxylic acids is 2. The van der Waals surface area contributed by atoms with Gasteiger partial charge in [-0.05, 0) is 24.3 Å². The van der Waals surface area contributed by atoms with Gasteiger partial charge in [0.25, 0.3) is 5.24 Å². The molecule has 1 aromatic carbocycles. The van der Waals surface area contributed by atoms with E-state index in [2.05, 4.69) is 28.0 Å². The van der Waals surface area contributed by atoms with E-state index in [1.165, 1.54) is 17.3 Å². The normalized spacial score (nSPS) is 16.1. The van der Waals surface area contributed by atoms with Gasteiger partial charge in [0, 0.05) is 18.6 Å². The summed E-state index contributed by atoms with van der Waals surface area (Å²) in [7, 11) is 0. The lowest BCUT2D eigenvalue weighted by Crippen LogP contribution is -2.32. The number of imidazole rings is 1. The molecule has 2 amide bonds. The number of anilines is 1. The van der Waals surface area contributed by atoms with Crippen molar-refractivity contribution in [3.63, 3.8) is 0 Å². The molecule has 0 spiro atoms. The Morgan fingerprint density at radius 3 is 3.00 bits per heavy atom. The first-order valence-electron chi connectivity index (χ1n) is 8.75. The molecular formula is C18H17FN6O3S. The number of hydrogen-bond donors (Lipinski definition) is 2. The third-order valence-corrected chi connectivity index (χ3v) is 4.55. The fourth-order valence-corrected chi connectivity index (χ4v) is 3.14. The van der Waals surface area contributed by atoms with Gasteiger partial charge in [0.2, 0.25) is 0 Å². The molecule has 1 aliphatic heterocycles. The lowest BCUT2D eigenvalue weighted by molar-refractivity contribution is 0.141. The minimum atomic E-state index is -0.597. The number of nitrogens with one attached hydrogen (secondary N) is 1. The van der Waals surface area contributed by atoms with Crippen LogP contribution in [-0.4, -0.2) is 49.9 Å². The smallest absolute Gasteiger partial charge is 0.414 e. The lowest BCUT2D eigenvalue weighted by Gasteiger charge is -2.14. The Hall–Kier alpha value is -3.34. The van der Waals surface area contributed by atoms with Gasteiger partial charge in [-0.3, -0.25) is 14.4 Å². The van der Waals surface area contributed by atoms with E-state index in [4.69, 9.17) is 4.74 Å². The van der Waals surface area contributed by atoms with Crippen molar-refractivity contribution in [2.75, 3.05) is 18.0 Å². The van der Waals surface area contributed by atoms with Gasteiger partial charge < -0.3 is 14.6 Å². The van der Waals surface area contributed by atoms with Gasteiger partial charge in [0.15, 0.2) is 0 Å². The zero-order valence-corrected chi connectivity index (χ0v) is 16.0. The van der Waals surface area contributed by atoms with Crippen molar-refractivity contribution in [3.05, 3.63) is 60.7 Å². The fraction of sp³-hybridized carbons (Fsp3) is 0.222. The van der Waals surface area contributed by atoms with E-state index in [1.807, 2.05) is 12.3 Å². The van der Waals surface area contributed by atoms with Crippen molar-refractivity contribution < 1.29 is 18.7 Å². The zero-order valence-electron chi connectivity index (χ0n) is 15.1. The Bertz CT molecular complexity index is 1040. The molecule has 1 aliphatic rings. The third-order valence-electron chi connectivity index (χ3n) is 4.40. The van der Waals surface area contributed by atoms with Crippen molar-refractivity contribution in [1.82, 2.24) is 24.6 Å². The van der Waals surface area contributed by atoms with Crippen molar-refractivity contribution in [2.45, 2.75) is 12.6 Å². The van der Waals surface area contributed by atoms with Crippen LogP contribution in [0.4, 0.5) is 19.7 Å². The molecule has 0 bridgehead atoms. The van der Waals surface area contributed by atoms with Crippen LogP contribution in [0.2, 0.25) is 0 Å². The SMILES string of the molecule is O=C(S)NCC1CN(c2ccc(-n3cnc(Cn4cccn4)c3)c(F)c2)C(=O)O1. The van der Waals surface area contributed by atoms with Crippen LogP contribution >= 0.6 is 12.6 Å². The van der Waals surface area contributed by atoms with Gasteiger partial charge in [-0.25, -0.2) is 14.2 Å². The third kappa shape index (κ3) is 4.24. The molecule has 4 rings (SSSR count). The monoisotopic (exact) mass is 416 g/mol. The molecule has 0 aliphatic carbocycles. The van der Waals surface area contributed by atoms with Gasteiger partial charge in [-0.15, -0.1) is 0 Å². The molecule has 150 valence electrons. The minimum absolute atomic E-state index is 0.138. The molecule has 1 saturated heterocycles. The molecule has 1 unspecified atom stereocenters. The summed E-state index contributed by atoms with van der Waals surface area (Å²) in [6, 6.07) is 6.28. The Labute approximate surface area is 170 Å². The number of amides is 2. The highest BCUT2D eigenvalue weighted by Crippen LogP contribution is 2.25. The van der Waals surface area contributed by atoms with Crippen LogP contribution in [0.1, 0.15) is 5.69 Å². The molecule has 1 fully saturated rings. The van der Waals surface area contributed by atoms with Crippen LogP contribution in [0.5, 0.6) is 0 Å². The largest absolute Gasteiger partial charge is 0.442 e. The minimum Gasteiger partial charge on any atom is -0.442 e. The first kappa shape index (κ1) is 19.0. The number of hydrogen-bond acceptors (Lipinski definition) is 5. The first-order valence-corrected chi connectivity index (χ1v) is 9.19. The molecule has 1 N–H and O–H groups in total. The van der Waals surface area contributed by atoms with Gasteiger partial charge in [0.1, 0.15) is 11.9 Å². The van der Waals surface area contributed by atoms with Gasteiger partial charge in [-0.1, -0.05) is 12.6 Å². The first-order chi connectivity index (χ1) is 14.0. The van der Waals surface area contributed by atoms with Crippen LogP contribution in [0, 0.1) is 5.82 Å². The summed E-state index contributed by atoms with van der Waals surface area (Å²) < 4.78 is 23.2. The van der Waals surface area contributed by atoms with Crippen LogP contribution in [0.3, 0.4) is 0 Å². The van der Waals surface area contributed by atoms with Gasteiger partial charge in [-0.2, -0.15) is 5.10 Å². The second-order valence-corrected chi connectivity index (χ2v) is 6.82. The number of nitrogens with zero attached hydrogens (tertiary/aromatic N) is 5. The van der Waals surface area contributed by atoms with Crippen molar-refractivity contribution in [2.24, 2.45) is 0 Å². The average Bonchev–Trinajstić information content (AvgIpc) is 3.42. The predicted molar refractivity (Wildman–Crippen MR) is 105 cm³/mol. The summed E-state index contributed by atoms with van der Waals surface area (Å²) in [6.45, 7) is 0.813. The maximum Gasteiger partial charge on any atom is 0.414 e. The Balaban J connectivity index is 1.48. The molecule has 1 atom stereocenters. The number of halogens is 1. The van der Waals surface area contributed by atoms with E-state index >= 15 is 0 Å². The highest BCUT2D eigenvalue weighted by atomic mass is 32.1. The number of benzene rings is 1. The van der Waals surface area contributed by atoms with E-state index in [1.54, 1.807) is 33.8 Å². The van der Waals surface area contributed by atoms with Crippen molar-refractivity contribution in [1.29, 1.82) is 0 Å². The lowest BCUT2D eigenvalue weighted by atomic mass is 10.2. The molecule has 11 heteroatoms. The zero-order chi connectivity index (χ0) is 20.4. The maximum absolute atomic E-state index is 14.7. The molecular weight excluding hydrogens is 399 g/mol. The molecule has 3 heterocycles. The fourth-order valence-electron chi connectivity index (χ4n) is 3.05. The van der Waals surface area contributed by atoms with Gasteiger partial charge in [0.05, 0.1) is 43.0 Å². The number of thiol groups is 1. The highest BCUT2D eigenvalue weighted by molar-refractivity contribution is 7.96. The molecule has 2 aromatic heterocycles. The topological polar surface area (TPSA) is 94.3 Å². The molecule has 9 nitrogen and oxygen atoms in total. The Morgan fingerprint density at radius 1 is 1.41 bits per heavy atom. The average molecular weight is 416 g/mol. The van der Waals surface area contributed by atoms with Crippen molar-refractivity contribution in [3.8, 4) is 5.69 Å². The Morgan fingerprint density at radius 2 is 2.28 bits per heavy atom. The molecule has 0 radical (unpaired) electrons. The summed E-state index contributed by atoms with van der Waals surface area (Å²) in [5.74, 6) is -0.509. The van der Waals surface area contributed by atoms with Gasteiger partial charge >= 0.3 is 6.09 Å².